The molecule has 3 aromatic rings. The molecule has 6 nitrogen and oxygen atoms in total. The quantitative estimate of drug-likeness (QED) is 0.657. The van der Waals surface area contributed by atoms with E-state index in [1.165, 1.54) is 23.5 Å². The summed E-state index contributed by atoms with van der Waals surface area (Å²) >= 11 is 1.33. The number of carbonyl (C=O) groups is 1. The standard InChI is InChI=1S/C20H21N3O3S/c1-22(26-2)19(25)18-17(21-14-6-4-3-5-7-14)15-10-11-16(24)23(20(15)27-18)12-13-8-9-13/h3-7,10-11,13,21H,8-9,12H2,1-2H3. The number of amides is 1. The van der Waals surface area contributed by atoms with Gasteiger partial charge in [-0.25, -0.2) is 5.06 Å². The van der Waals surface area contributed by atoms with Crippen molar-refractivity contribution in [2.24, 2.45) is 5.92 Å². The van der Waals surface area contributed by atoms with E-state index in [0.29, 0.717) is 23.0 Å². The van der Waals surface area contributed by atoms with Gasteiger partial charge in [-0.3, -0.25) is 19.0 Å². The van der Waals surface area contributed by atoms with Crippen molar-refractivity contribution in [1.82, 2.24) is 9.63 Å². The molecule has 140 valence electrons. The zero-order chi connectivity index (χ0) is 19.0. The fraction of sp³-hybridized carbons (Fsp3) is 0.300. The fourth-order valence-corrected chi connectivity index (χ4v) is 4.26. The molecule has 0 aliphatic heterocycles. The minimum atomic E-state index is -0.248. The Labute approximate surface area is 160 Å². The van der Waals surface area contributed by atoms with Crippen LogP contribution in [0.1, 0.15) is 22.5 Å². The van der Waals surface area contributed by atoms with E-state index in [0.717, 1.165) is 28.7 Å². The number of nitrogens with zero attached hydrogens (tertiary/aromatic N) is 2. The number of nitrogens with one attached hydrogen (secondary N) is 1. The molecule has 0 saturated heterocycles. The third-order valence-corrected chi connectivity index (χ3v) is 5.98. The molecule has 0 bridgehead atoms. The lowest BCUT2D eigenvalue weighted by Crippen LogP contribution is -2.25. The number of rotatable bonds is 6. The number of benzene rings is 1. The van der Waals surface area contributed by atoms with Crippen molar-refractivity contribution in [2.75, 3.05) is 19.5 Å². The van der Waals surface area contributed by atoms with E-state index >= 15 is 0 Å². The third-order valence-electron chi connectivity index (χ3n) is 4.76. The normalized spacial score (nSPS) is 13.7. The predicted octanol–water partition coefficient (Wildman–Crippen LogP) is 3.85. The van der Waals surface area contributed by atoms with E-state index in [4.69, 9.17) is 4.84 Å². The second kappa shape index (κ2) is 7.17. The van der Waals surface area contributed by atoms with Gasteiger partial charge in [-0.05, 0) is 37.0 Å². The van der Waals surface area contributed by atoms with Crippen molar-refractivity contribution in [3.05, 3.63) is 57.7 Å². The average molecular weight is 383 g/mol. The largest absolute Gasteiger partial charge is 0.354 e. The molecule has 7 heteroatoms. The minimum Gasteiger partial charge on any atom is -0.354 e. The molecule has 1 aliphatic carbocycles. The van der Waals surface area contributed by atoms with Crippen molar-refractivity contribution in [3.8, 4) is 0 Å². The van der Waals surface area contributed by atoms with Crippen molar-refractivity contribution < 1.29 is 9.63 Å². The topological polar surface area (TPSA) is 63.6 Å². The summed E-state index contributed by atoms with van der Waals surface area (Å²) in [5, 5.41) is 5.43. The lowest BCUT2D eigenvalue weighted by atomic mass is 10.2. The second-order valence-corrected chi connectivity index (χ2v) is 7.73. The summed E-state index contributed by atoms with van der Waals surface area (Å²) in [4.78, 5) is 31.8. The van der Waals surface area contributed by atoms with Crippen LogP contribution in [0.2, 0.25) is 0 Å². The monoisotopic (exact) mass is 383 g/mol. The lowest BCUT2D eigenvalue weighted by Gasteiger charge is -2.14. The summed E-state index contributed by atoms with van der Waals surface area (Å²) in [7, 11) is 3.04. The Morgan fingerprint density at radius 3 is 2.67 bits per heavy atom. The molecule has 27 heavy (non-hydrogen) atoms. The first-order valence-electron chi connectivity index (χ1n) is 8.89. The summed E-state index contributed by atoms with van der Waals surface area (Å²) in [6.07, 6.45) is 2.31. The Hall–Kier alpha value is -2.64. The van der Waals surface area contributed by atoms with Gasteiger partial charge in [0.1, 0.15) is 9.71 Å². The van der Waals surface area contributed by atoms with Crippen LogP contribution in [-0.4, -0.2) is 29.7 Å². The smallest absolute Gasteiger partial charge is 0.289 e. The van der Waals surface area contributed by atoms with E-state index in [2.05, 4.69) is 5.32 Å². The van der Waals surface area contributed by atoms with Gasteiger partial charge in [-0.2, -0.15) is 0 Å². The number of aromatic nitrogens is 1. The number of hydrogen-bond donors (Lipinski definition) is 1. The van der Waals surface area contributed by atoms with Gasteiger partial charge >= 0.3 is 0 Å². The summed E-state index contributed by atoms with van der Waals surface area (Å²) in [5.74, 6) is 0.310. The summed E-state index contributed by atoms with van der Waals surface area (Å²) in [6, 6.07) is 13.1. The summed E-state index contributed by atoms with van der Waals surface area (Å²) < 4.78 is 1.80. The van der Waals surface area contributed by atoms with Crippen LogP contribution < -0.4 is 10.9 Å². The zero-order valence-electron chi connectivity index (χ0n) is 15.3. The van der Waals surface area contributed by atoms with E-state index in [-0.39, 0.29) is 11.5 Å². The van der Waals surface area contributed by atoms with Gasteiger partial charge in [0.25, 0.3) is 11.5 Å². The molecule has 1 aromatic carbocycles. The van der Waals surface area contributed by atoms with E-state index in [9.17, 15) is 9.59 Å². The van der Waals surface area contributed by atoms with Crippen LogP contribution in [0, 0.1) is 5.92 Å². The molecule has 0 radical (unpaired) electrons. The molecular weight excluding hydrogens is 362 g/mol. The molecule has 0 spiro atoms. The maximum Gasteiger partial charge on any atom is 0.289 e. The molecule has 0 unspecified atom stereocenters. The van der Waals surface area contributed by atoms with Gasteiger partial charge in [-0.15, -0.1) is 11.3 Å². The highest BCUT2D eigenvalue weighted by Crippen LogP contribution is 2.39. The first-order valence-corrected chi connectivity index (χ1v) is 9.70. The van der Waals surface area contributed by atoms with Crippen LogP contribution in [0.25, 0.3) is 10.2 Å². The molecule has 1 N–H and O–H groups in total. The maximum atomic E-state index is 12.9. The van der Waals surface area contributed by atoms with Gasteiger partial charge in [0, 0.05) is 30.7 Å². The van der Waals surface area contributed by atoms with Gasteiger partial charge < -0.3 is 5.32 Å². The Morgan fingerprint density at radius 2 is 2.00 bits per heavy atom. The maximum absolute atomic E-state index is 12.9. The first kappa shape index (κ1) is 17.8. The van der Waals surface area contributed by atoms with E-state index < -0.39 is 0 Å². The minimum absolute atomic E-state index is 0.0268. The second-order valence-electron chi connectivity index (χ2n) is 6.73. The Bertz CT molecular complexity index is 1040. The molecule has 4 rings (SSSR count). The van der Waals surface area contributed by atoms with Gasteiger partial charge in [-0.1, -0.05) is 18.2 Å². The number of hydrogen-bond acceptors (Lipinski definition) is 5. The Kier molecular flexibility index (Phi) is 4.72. The molecule has 1 saturated carbocycles. The van der Waals surface area contributed by atoms with Crippen LogP contribution in [-0.2, 0) is 11.4 Å². The third kappa shape index (κ3) is 3.48. The van der Waals surface area contributed by atoms with Crippen molar-refractivity contribution in [3.63, 3.8) is 0 Å². The molecule has 2 aromatic heterocycles. The average Bonchev–Trinajstić information content (AvgIpc) is 3.44. The van der Waals surface area contributed by atoms with Gasteiger partial charge in [0.05, 0.1) is 12.8 Å². The first-order chi connectivity index (χ1) is 13.1. The number of pyridine rings is 1. The van der Waals surface area contributed by atoms with Crippen LogP contribution >= 0.6 is 11.3 Å². The van der Waals surface area contributed by atoms with Gasteiger partial charge in [0.2, 0.25) is 0 Å². The van der Waals surface area contributed by atoms with Crippen molar-refractivity contribution in [2.45, 2.75) is 19.4 Å². The highest BCUT2D eigenvalue weighted by atomic mass is 32.1. The molecule has 2 heterocycles. The number of carbonyl (C=O) groups excluding carboxylic acids is 1. The Balaban J connectivity index is 1.88. The van der Waals surface area contributed by atoms with Crippen LogP contribution in [0.3, 0.4) is 0 Å². The molecule has 0 atom stereocenters. The van der Waals surface area contributed by atoms with Crippen molar-refractivity contribution >= 4 is 38.8 Å². The van der Waals surface area contributed by atoms with E-state index in [1.807, 2.05) is 30.3 Å². The predicted molar refractivity (Wildman–Crippen MR) is 108 cm³/mol. The zero-order valence-corrected chi connectivity index (χ0v) is 16.1. The highest BCUT2D eigenvalue weighted by molar-refractivity contribution is 7.21. The molecule has 1 fully saturated rings. The highest BCUT2D eigenvalue weighted by Gasteiger charge is 2.27. The Morgan fingerprint density at radius 1 is 1.26 bits per heavy atom. The van der Waals surface area contributed by atoms with Gasteiger partial charge in [0.15, 0.2) is 0 Å². The van der Waals surface area contributed by atoms with Crippen LogP contribution in [0.5, 0.6) is 0 Å². The number of hydroxylamine groups is 2. The number of fused-ring (bicyclic) bond motifs is 1. The summed E-state index contributed by atoms with van der Waals surface area (Å²) in [5.41, 5.74) is 1.56. The number of para-hydroxylation sites is 1. The fourth-order valence-electron chi connectivity index (χ4n) is 3.03. The SMILES string of the molecule is CON(C)C(=O)c1sc2c(ccc(=O)n2CC2CC2)c1Nc1ccccc1. The van der Waals surface area contributed by atoms with Crippen LogP contribution in [0.15, 0.2) is 47.3 Å². The van der Waals surface area contributed by atoms with Crippen LogP contribution in [0.4, 0.5) is 11.4 Å². The lowest BCUT2D eigenvalue weighted by molar-refractivity contribution is -0.0753. The molecule has 1 amide bonds. The molecule has 1 aliphatic rings. The number of anilines is 2. The van der Waals surface area contributed by atoms with E-state index in [1.54, 1.807) is 23.7 Å². The number of thiophene rings is 1. The van der Waals surface area contributed by atoms with Crippen molar-refractivity contribution in [1.29, 1.82) is 0 Å². The molecular formula is C20H21N3O3S. The summed E-state index contributed by atoms with van der Waals surface area (Å²) in [6.45, 7) is 0.704.